The maximum atomic E-state index is 11.2. The van der Waals surface area contributed by atoms with Gasteiger partial charge in [0.15, 0.2) is 0 Å². The lowest BCUT2D eigenvalue weighted by Crippen LogP contribution is -2.49. The third kappa shape index (κ3) is 6.98. The summed E-state index contributed by atoms with van der Waals surface area (Å²) in [5, 5.41) is 13.9. The smallest absolute Gasteiger partial charge is 0.270 e. The van der Waals surface area contributed by atoms with Gasteiger partial charge in [0, 0.05) is 35.2 Å². The van der Waals surface area contributed by atoms with E-state index >= 15 is 0 Å². The average molecular weight is 380 g/mol. The Morgan fingerprint density at radius 2 is 1.95 bits per heavy atom. The fourth-order valence-corrected chi connectivity index (χ4v) is 3.50. The van der Waals surface area contributed by atoms with Gasteiger partial charge in [-0.05, 0) is 25.5 Å². The zero-order chi connectivity index (χ0) is 16.3. The number of sulfonamides is 1. The molecule has 0 saturated heterocycles. The summed E-state index contributed by atoms with van der Waals surface area (Å²) in [4.78, 5) is 10.3. The van der Waals surface area contributed by atoms with Crippen LogP contribution in [-0.4, -0.2) is 31.7 Å². The van der Waals surface area contributed by atoms with Gasteiger partial charge in [-0.3, -0.25) is 10.1 Å². The summed E-state index contributed by atoms with van der Waals surface area (Å²) in [6.45, 7) is 4.30. The first kappa shape index (κ1) is 18.0. The normalized spacial score (nSPS) is 12.4. The molecule has 0 fully saturated rings. The zero-order valence-corrected chi connectivity index (χ0v) is 14.4. The molecule has 0 aliphatic rings. The van der Waals surface area contributed by atoms with Crippen molar-refractivity contribution in [1.82, 2.24) is 10.0 Å². The molecule has 0 unspecified atom stereocenters. The topological polar surface area (TPSA) is 101 Å². The number of nitrogens with zero attached hydrogens (tertiary/aromatic N) is 1. The van der Waals surface area contributed by atoms with Crippen LogP contribution in [0.25, 0.3) is 0 Å². The Balaban J connectivity index is 2.66. The Bertz CT molecular complexity index is 631. The molecule has 7 nitrogen and oxygen atoms in total. The predicted molar refractivity (Wildman–Crippen MR) is 84.6 cm³/mol. The van der Waals surface area contributed by atoms with Gasteiger partial charge in [-0.15, -0.1) is 0 Å². The zero-order valence-electron chi connectivity index (χ0n) is 12.0. The van der Waals surface area contributed by atoms with Crippen LogP contribution in [-0.2, 0) is 16.6 Å². The lowest BCUT2D eigenvalue weighted by atomic mass is 10.1. The van der Waals surface area contributed by atoms with E-state index in [1.54, 1.807) is 19.9 Å². The Labute approximate surface area is 132 Å². The molecule has 0 bridgehead atoms. The lowest BCUT2D eigenvalue weighted by molar-refractivity contribution is -0.385. The molecule has 0 heterocycles. The molecule has 2 N–H and O–H groups in total. The van der Waals surface area contributed by atoms with Crippen LogP contribution in [0.3, 0.4) is 0 Å². The molecular weight excluding hydrogens is 362 g/mol. The summed E-state index contributed by atoms with van der Waals surface area (Å²) in [6, 6.07) is 4.68. The van der Waals surface area contributed by atoms with E-state index in [0.29, 0.717) is 17.6 Å². The van der Waals surface area contributed by atoms with E-state index in [9.17, 15) is 18.5 Å². The first-order valence-electron chi connectivity index (χ1n) is 6.12. The lowest BCUT2D eigenvalue weighted by Gasteiger charge is -2.25. The number of halogens is 1. The van der Waals surface area contributed by atoms with E-state index in [2.05, 4.69) is 26.0 Å². The van der Waals surface area contributed by atoms with Crippen molar-refractivity contribution in [1.29, 1.82) is 0 Å². The van der Waals surface area contributed by atoms with Crippen LogP contribution in [0.4, 0.5) is 5.69 Å². The van der Waals surface area contributed by atoms with Gasteiger partial charge in [-0.1, -0.05) is 15.9 Å². The number of non-ortho nitro benzene ring substituents is 1. The highest BCUT2D eigenvalue weighted by atomic mass is 79.9. The van der Waals surface area contributed by atoms with Gasteiger partial charge >= 0.3 is 0 Å². The molecule has 0 atom stereocenters. The second-order valence-electron chi connectivity index (χ2n) is 5.44. The van der Waals surface area contributed by atoms with Crippen molar-refractivity contribution in [3.8, 4) is 0 Å². The van der Waals surface area contributed by atoms with E-state index in [-0.39, 0.29) is 5.69 Å². The highest BCUT2D eigenvalue weighted by Gasteiger charge is 2.21. The molecule has 0 spiro atoms. The van der Waals surface area contributed by atoms with Gasteiger partial charge in [0.05, 0.1) is 11.2 Å². The van der Waals surface area contributed by atoms with Crippen LogP contribution in [0.5, 0.6) is 0 Å². The molecule has 1 aromatic carbocycles. The van der Waals surface area contributed by atoms with Crippen LogP contribution in [0, 0.1) is 10.1 Å². The molecule has 9 heteroatoms. The predicted octanol–water partition coefficient (Wildman–Crippen LogP) is 1.77. The monoisotopic (exact) mass is 379 g/mol. The number of nitrogens with one attached hydrogen (secondary N) is 2. The molecule has 0 amide bonds. The minimum atomic E-state index is -3.29. The second kappa shape index (κ2) is 6.82. The summed E-state index contributed by atoms with van der Waals surface area (Å²) in [7, 11) is -3.29. The highest BCUT2D eigenvalue weighted by molar-refractivity contribution is 9.10. The van der Waals surface area contributed by atoms with Crippen LogP contribution in [0.2, 0.25) is 0 Å². The van der Waals surface area contributed by atoms with Crippen LogP contribution >= 0.6 is 15.9 Å². The summed E-state index contributed by atoms with van der Waals surface area (Å²) >= 11 is 3.23. The molecule has 1 aromatic rings. The summed E-state index contributed by atoms with van der Waals surface area (Å²) in [5.74, 6) is 0. The Hall–Kier alpha value is -1.03. The average Bonchev–Trinajstić information content (AvgIpc) is 2.24. The molecule has 0 radical (unpaired) electrons. The Morgan fingerprint density at radius 1 is 1.33 bits per heavy atom. The van der Waals surface area contributed by atoms with Crippen molar-refractivity contribution in [2.75, 3.05) is 12.8 Å². The van der Waals surface area contributed by atoms with Crippen LogP contribution in [0.1, 0.15) is 19.4 Å². The van der Waals surface area contributed by atoms with Crippen molar-refractivity contribution in [2.45, 2.75) is 25.9 Å². The quantitative estimate of drug-likeness (QED) is 0.555. The standard InChI is InChI=1S/C12H18BrN3O4S/c1-12(2,15-21(3,19)20)8-14-7-9-4-10(13)6-11(5-9)16(17)18/h4-6,14-15H,7-8H2,1-3H3. The van der Waals surface area contributed by atoms with Crippen molar-refractivity contribution in [3.05, 3.63) is 38.3 Å². The van der Waals surface area contributed by atoms with Crippen molar-refractivity contribution >= 4 is 31.6 Å². The number of rotatable bonds is 7. The van der Waals surface area contributed by atoms with Gasteiger partial charge in [-0.25, -0.2) is 13.1 Å². The SMILES string of the molecule is CC(C)(CNCc1cc(Br)cc([N+](=O)[O-])c1)NS(C)(=O)=O. The van der Waals surface area contributed by atoms with Gasteiger partial charge in [-0.2, -0.15) is 0 Å². The molecule has 0 aromatic heterocycles. The fourth-order valence-electron chi connectivity index (χ4n) is 1.90. The number of nitro groups is 1. The van der Waals surface area contributed by atoms with E-state index in [0.717, 1.165) is 11.8 Å². The van der Waals surface area contributed by atoms with Gasteiger partial charge in [0.2, 0.25) is 10.0 Å². The molecule has 0 aliphatic carbocycles. The van der Waals surface area contributed by atoms with Crippen LogP contribution < -0.4 is 10.0 Å². The molecule has 1 rings (SSSR count). The third-order valence-electron chi connectivity index (χ3n) is 2.51. The first-order valence-corrected chi connectivity index (χ1v) is 8.80. The first-order chi connectivity index (χ1) is 9.48. The van der Waals surface area contributed by atoms with Crippen molar-refractivity contribution in [2.24, 2.45) is 0 Å². The van der Waals surface area contributed by atoms with Gasteiger partial charge in [0.25, 0.3) is 5.69 Å². The molecular formula is C12H18BrN3O4S. The third-order valence-corrected chi connectivity index (χ3v) is 3.89. The fraction of sp³-hybridized carbons (Fsp3) is 0.500. The summed E-state index contributed by atoms with van der Waals surface area (Å²) < 4.78 is 25.6. The number of hydrogen-bond acceptors (Lipinski definition) is 5. The summed E-state index contributed by atoms with van der Waals surface area (Å²) in [6.07, 6.45) is 1.10. The van der Waals surface area contributed by atoms with E-state index in [1.807, 2.05) is 0 Å². The molecule has 0 aliphatic heterocycles. The van der Waals surface area contributed by atoms with Crippen molar-refractivity contribution in [3.63, 3.8) is 0 Å². The Kier molecular flexibility index (Phi) is 5.85. The van der Waals surface area contributed by atoms with E-state index in [4.69, 9.17) is 0 Å². The molecule has 21 heavy (non-hydrogen) atoms. The van der Waals surface area contributed by atoms with Crippen molar-refractivity contribution < 1.29 is 13.3 Å². The van der Waals surface area contributed by atoms with E-state index < -0.39 is 20.5 Å². The molecule has 118 valence electrons. The summed E-state index contributed by atoms with van der Waals surface area (Å²) in [5.41, 5.74) is 0.104. The minimum Gasteiger partial charge on any atom is -0.311 e. The maximum Gasteiger partial charge on any atom is 0.270 e. The number of nitro benzene ring substituents is 1. The largest absolute Gasteiger partial charge is 0.311 e. The molecule has 0 saturated carbocycles. The maximum absolute atomic E-state index is 11.2. The van der Waals surface area contributed by atoms with Crippen LogP contribution in [0.15, 0.2) is 22.7 Å². The number of benzene rings is 1. The number of hydrogen-bond donors (Lipinski definition) is 2. The van der Waals surface area contributed by atoms with E-state index in [1.165, 1.54) is 12.1 Å². The van der Waals surface area contributed by atoms with Gasteiger partial charge in [0.1, 0.15) is 0 Å². The minimum absolute atomic E-state index is 0.00898. The Morgan fingerprint density at radius 3 is 2.48 bits per heavy atom. The second-order valence-corrected chi connectivity index (χ2v) is 8.10. The highest BCUT2D eigenvalue weighted by Crippen LogP contribution is 2.21. The van der Waals surface area contributed by atoms with Gasteiger partial charge < -0.3 is 5.32 Å².